The average molecular weight is 277 g/mol. The van der Waals surface area contributed by atoms with Crippen LogP contribution in [0.3, 0.4) is 0 Å². The molecular weight excluding hydrogens is 254 g/mol. The summed E-state index contributed by atoms with van der Waals surface area (Å²) in [6.45, 7) is 2.24. The van der Waals surface area contributed by atoms with E-state index in [2.05, 4.69) is 12.2 Å². The van der Waals surface area contributed by atoms with Gasteiger partial charge in [0.1, 0.15) is 0 Å². The number of anilines is 1. The van der Waals surface area contributed by atoms with Crippen LogP contribution in [0, 0.1) is 5.92 Å². The Balaban J connectivity index is 1.83. The van der Waals surface area contributed by atoms with Gasteiger partial charge < -0.3 is 5.32 Å². The second kappa shape index (κ2) is 5.66. The van der Waals surface area contributed by atoms with Crippen molar-refractivity contribution in [2.45, 2.75) is 64.7 Å². The zero-order valence-corrected chi connectivity index (χ0v) is 12.6. The van der Waals surface area contributed by atoms with Crippen molar-refractivity contribution in [3.63, 3.8) is 0 Å². The van der Waals surface area contributed by atoms with Crippen molar-refractivity contribution in [2.75, 3.05) is 5.32 Å². The number of hydrogen-bond acceptors (Lipinski definition) is 2. The molecule has 0 saturated heterocycles. The number of nitrogens with one attached hydrogen (secondary N) is 1. The number of rotatable bonds is 5. The molecule has 3 rings (SSSR count). The minimum absolute atomic E-state index is 0.261. The molecule has 1 amide bonds. The minimum Gasteiger partial charge on any atom is -0.317 e. The molecule has 3 heteroatoms. The van der Waals surface area contributed by atoms with Gasteiger partial charge in [0.25, 0.3) is 0 Å². The topological polar surface area (TPSA) is 29.1 Å². The van der Waals surface area contributed by atoms with Crippen molar-refractivity contribution in [3.05, 3.63) is 16.0 Å². The van der Waals surface area contributed by atoms with E-state index < -0.39 is 0 Å². The molecule has 1 saturated carbocycles. The molecule has 2 aliphatic rings. The summed E-state index contributed by atoms with van der Waals surface area (Å²) in [5.74, 6) is 0.564. The van der Waals surface area contributed by atoms with Crippen molar-refractivity contribution in [3.8, 4) is 0 Å². The quantitative estimate of drug-likeness (QED) is 0.853. The van der Waals surface area contributed by atoms with E-state index in [0.29, 0.717) is 5.92 Å². The number of aryl methyl sites for hydroxylation is 1. The zero-order valence-electron chi connectivity index (χ0n) is 11.8. The van der Waals surface area contributed by atoms with Gasteiger partial charge in [-0.1, -0.05) is 13.3 Å². The van der Waals surface area contributed by atoms with Gasteiger partial charge in [-0.2, -0.15) is 0 Å². The third-order valence-corrected chi connectivity index (χ3v) is 5.50. The number of fused-ring (bicyclic) bond motifs is 1. The van der Waals surface area contributed by atoms with Crippen LogP contribution in [0.5, 0.6) is 0 Å². The Hall–Kier alpha value is -0.830. The van der Waals surface area contributed by atoms with Crippen LogP contribution < -0.4 is 5.32 Å². The normalized spacial score (nSPS) is 18.2. The summed E-state index contributed by atoms with van der Waals surface area (Å²) in [6, 6.07) is 0. The van der Waals surface area contributed by atoms with Gasteiger partial charge in [0.15, 0.2) is 0 Å². The summed E-state index contributed by atoms with van der Waals surface area (Å²) in [5.41, 5.74) is 3.05. The summed E-state index contributed by atoms with van der Waals surface area (Å²) in [5, 5.41) is 4.40. The lowest BCUT2D eigenvalue weighted by molar-refractivity contribution is -0.117. The molecule has 0 atom stereocenters. The van der Waals surface area contributed by atoms with Crippen LogP contribution in [0.15, 0.2) is 0 Å². The molecule has 1 fully saturated rings. The van der Waals surface area contributed by atoms with Crippen LogP contribution in [0.1, 0.15) is 61.5 Å². The molecule has 1 heterocycles. The van der Waals surface area contributed by atoms with E-state index in [1.807, 2.05) is 11.3 Å². The van der Waals surface area contributed by atoms with E-state index in [9.17, 15) is 4.79 Å². The summed E-state index contributed by atoms with van der Waals surface area (Å²) in [7, 11) is 0. The smallest absolute Gasteiger partial charge is 0.228 e. The molecule has 104 valence electrons. The second-order valence-electron chi connectivity index (χ2n) is 5.89. The predicted molar refractivity (Wildman–Crippen MR) is 80.9 cm³/mol. The molecule has 0 spiro atoms. The standard InChI is InChI=1S/C16H23NOS/c1-2-3-6-13-12-7-4-5-8-14(12)19-16(13)17-15(18)11-9-10-11/h11H,2-10H2,1H3,(H,17,18). The first-order valence-corrected chi connectivity index (χ1v) is 8.55. The summed E-state index contributed by atoms with van der Waals surface area (Å²) >= 11 is 1.85. The lowest BCUT2D eigenvalue weighted by atomic mass is 9.93. The number of amides is 1. The van der Waals surface area contributed by atoms with Gasteiger partial charge in [-0.15, -0.1) is 11.3 Å². The molecule has 1 N–H and O–H groups in total. The Morgan fingerprint density at radius 1 is 1.32 bits per heavy atom. The highest BCUT2D eigenvalue weighted by molar-refractivity contribution is 7.16. The van der Waals surface area contributed by atoms with Crippen molar-refractivity contribution >= 4 is 22.2 Å². The van der Waals surface area contributed by atoms with E-state index in [4.69, 9.17) is 0 Å². The third-order valence-electron chi connectivity index (χ3n) is 4.25. The maximum atomic E-state index is 12.0. The maximum absolute atomic E-state index is 12.0. The zero-order chi connectivity index (χ0) is 13.2. The second-order valence-corrected chi connectivity index (χ2v) is 6.99. The number of unbranched alkanes of at least 4 members (excludes halogenated alkanes) is 1. The van der Waals surface area contributed by atoms with Gasteiger partial charge in [0, 0.05) is 10.8 Å². The summed E-state index contributed by atoms with van der Waals surface area (Å²) in [6.07, 6.45) is 10.8. The molecule has 0 aliphatic heterocycles. The van der Waals surface area contributed by atoms with Crippen molar-refractivity contribution in [1.29, 1.82) is 0 Å². The molecule has 2 aliphatic carbocycles. The molecule has 19 heavy (non-hydrogen) atoms. The fourth-order valence-electron chi connectivity index (χ4n) is 2.91. The van der Waals surface area contributed by atoms with Gasteiger partial charge >= 0.3 is 0 Å². The van der Waals surface area contributed by atoms with Gasteiger partial charge in [-0.3, -0.25) is 4.79 Å². The highest BCUT2D eigenvalue weighted by Gasteiger charge is 2.31. The molecule has 0 bridgehead atoms. The van der Waals surface area contributed by atoms with E-state index in [1.54, 1.807) is 10.4 Å². The Kier molecular flexibility index (Phi) is 3.92. The first-order valence-electron chi connectivity index (χ1n) is 7.74. The fourth-order valence-corrected chi connectivity index (χ4v) is 4.25. The highest BCUT2D eigenvalue weighted by Crippen LogP contribution is 2.40. The SMILES string of the molecule is CCCCc1c(NC(=O)C2CC2)sc2c1CCCC2. The molecule has 1 aromatic rings. The monoisotopic (exact) mass is 277 g/mol. The number of carbonyl (C=O) groups is 1. The van der Waals surface area contributed by atoms with Gasteiger partial charge in [0.05, 0.1) is 5.00 Å². The number of thiophene rings is 1. The largest absolute Gasteiger partial charge is 0.317 e. The first-order chi connectivity index (χ1) is 9.29. The lowest BCUT2D eigenvalue weighted by Gasteiger charge is -2.13. The van der Waals surface area contributed by atoms with E-state index >= 15 is 0 Å². The van der Waals surface area contributed by atoms with Crippen molar-refractivity contribution in [1.82, 2.24) is 0 Å². The predicted octanol–water partition coefficient (Wildman–Crippen LogP) is 4.32. The molecule has 0 radical (unpaired) electrons. The van der Waals surface area contributed by atoms with E-state index in [-0.39, 0.29) is 5.91 Å². The first kappa shape index (κ1) is 13.2. The molecule has 0 unspecified atom stereocenters. The van der Waals surface area contributed by atoms with Crippen LogP contribution >= 0.6 is 11.3 Å². The van der Waals surface area contributed by atoms with Crippen LogP contribution in [0.4, 0.5) is 5.00 Å². The Morgan fingerprint density at radius 3 is 2.84 bits per heavy atom. The number of hydrogen-bond donors (Lipinski definition) is 1. The molecule has 2 nitrogen and oxygen atoms in total. The maximum Gasteiger partial charge on any atom is 0.228 e. The average Bonchev–Trinajstić information content (AvgIpc) is 3.20. The van der Waals surface area contributed by atoms with Crippen molar-refractivity contribution in [2.24, 2.45) is 5.92 Å². The van der Waals surface area contributed by atoms with Gasteiger partial charge in [0.2, 0.25) is 5.91 Å². The highest BCUT2D eigenvalue weighted by atomic mass is 32.1. The van der Waals surface area contributed by atoms with Crippen LogP contribution in [0.2, 0.25) is 0 Å². The molecular formula is C16H23NOS. The van der Waals surface area contributed by atoms with Crippen LogP contribution in [-0.4, -0.2) is 5.91 Å². The minimum atomic E-state index is 0.261. The van der Waals surface area contributed by atoms with Crippen LogP contribution in [0.25, 0.3) is 0 Å². The summed E-state index contributed by atoms with van der Waals surface area (Å²) in [4.78, 5) is 13.6. The Bertz CT molecular complexity index is 473. The lowest BCUT2D eigenvalue weighted by Crippen LogP contribution is -2.13. The number of carbonyl (C=O) groups excluding carboxylic acids is 1. The van der Waals surface area contributed by atoms with E-state index in [1.165, 1.54) is 49.1 Å². The van der Waals surface area contributed by atoms with Gasteiger partial charge in [-0.05, 0) is 62.5 Å². The fraction of sp³-hybridized carbons (Fsp3) is 0.688. The molecule has 0 aromatic carbocycles. The van der Waals surface area contributed by atoms with Crippen molar-refractivity contribution < 1.29 is 4.79 Å². The van der Waals surface area contributed by atoms with E-state index in [0.717, 1.165) is 19.3 Å². The van der Waals surface area contributed by atoms with Gasteiger partial charge in [-0.25, -0.2) is 0 Å². The van der Waals surface area contributed by atoms with Crippen LogP contribution in [-0.2, 0) is 24.1 Å². The third kappa shape index (κ3) is 2.86. The molecule has 1 aromatic heterocycles. The Morgan fingerprint density at radius 2 is 2.11 bits per heavy atom. The Labute approximate surface area is 119 Å². The summed E-state index contributed by atoms with van der Waals surface area (Å²) < 4.78 is 0.